The summed E-state index contributed by atoms with van der Waals surface area (Å²) in [6.45, 7) is 6.92. The number of aromatic nitrogens is 3. The lowest BCUT2D eigenvalue weighted by Crippen LogP contribution is -2.36. The van der Waals surface area contributed by atoms with E-state index in [4.69, 9.17) is 14.2 Å². The van der Waals surface area contributed by atoms with Gasteiger partial charge in [-0.2, -0.15) is 5.26 Å². The van der Waals surface area contributed by atoms with Crippen LogP contribution in [0.2, 0.25) is 0 Å². The highest BCUT2D eigenvalue weighted by Gasteiger charge is 2.28. The molecule has 0 saturated carbocycles. The molecule has 0 amide bonds. The van der Waals surface area contributed by atoms with Crippen molar-refractivity contribution in [2.24, 2.45) is 0 Å². The predicted octanol–water partition coefficient (Wildman–Crippen LogP) is 4.12. The minimum absolute atomic E-state index is 0.164. The SMILES string of the molecule is Cc1nc(-c2c[nH]c3c(C#N)cccc23)cnc1OCC(C)(C)OC1CCCO1. The molecule has 1 N–H and O–H groups in total. The van der Waals surface area contributed by atoms with Crippen molar-refractivity contribution in [2.75, 3.05) is 13.2 Å². The zero-order valence-electron chi connectivity index (χ0n) is 16.9. The molecule has 3 aromatic rings. The summed E-state index contributed by atoms with van der Waals surface area (Å²) in [5, 5.41) is 10.2. The highest BCUT2D eigenvalue weighted by Crippen LogP contribution is 2.30. The van der Waals surface area contributed by atoms with E-state index >= 15 is 0 Å². The maximum absolute atomic E-state index is 9.28. The van der Waals surface area contributed by atoms with Gasteiger partial charge in [0.2, 0.25) is 5.88 Å². The molecule has 1 aliphatic heterocycles. The van der Waals surface area contributed by atoms with E-state index < -0.39 is 5.60 Å². The summed E-state index contributed by atoms with van der Waals surface area (Å²) in [6.07, 6.45) is 5.32. The Kier molecular flexibility index (Phi) is 5.22. The van der Waals surface area contributed by atoms with Crippen LogP contribution < -0.4 is 4.74 Å². The molecule has 0 aliphatic carbocycles. The number of nitrogens with zero attached hydrogens (tertiary/aromatic N) is 3. The van der Waals surface area contributed by atoms with Crippen LogP contribution in [0.3, 0.4) is 0 Å². The molecule has 0 radical (unpaired) electrons. The fraction of sp³-hybridized carbons (Fsp3) is 0.409. The molecular formula is C22H24N4O3. The lowest BCUT2D eigenvalue weighted by atomic mass is 10.1. The summed E-state index contributed by atoms with van der Waals surface area (Å²) in [4.78, 5) is 12.3. The van der Waals surface area contributed by atoms with Crippen molar-refractivity contribution in [2.45, 2.75) is 45.5 Å². The molecule has 4 rings (SSSR count). The zero-order valence-corrected chi connectivity index (χ0v) is 16.9. The van der Waals surface area contributed by atoms with Gasteiger partial charge in [0.05, 0.1) is 28.6 Å². The summed E-state index contributed by atoms with van der Waals surface area (Å²) in [5.41, 5.74) is 3.24. The van der Waals surface area contributed by atoms with Gasteiger partial charge in [0, 0.05) is 30.2 Å². The number of benzene rings is 1. The number of hydrogen-bond acceptors (Lipinski definition) is 6. The van der Waals surface area contributed by atoms with Gasteiger partial charge in [0.25, 0.3) is 0 Å². The molecule has 7 nitrogen and oxygen atoms in total. The number of hydrogen-bond donors (Lipinski definition) is 1. The molecule has 29 heavy (non-hydrogen) atoms. The van der Waals surface area contributed by atoms with Crippen LogP contribution in [0, 0.1) is 18.3 Å². The van der Waals surface area contributed by atoms with Gasteiger partial charge in [-0.1, -0.05) is 12.1 Å². The molecule has 1 aliphatic rings. The van der Waals surface area contributed by atoms with Crippen LogP contribution in [0.1, 0.15) is 37.9 Å². The quantitative estimate of drug-likeness (QED) is 0.678. The second-order valence-corrected chi connectivity index (χ2v) is 7.80. The topological polar surface area (TPSA) is 93.1 Å². The zero-order chi connectivity index (χ0) is 20.4. The van der Waals surface area contributed by atoms with E-state index in [1.807, 2.05) is 39.1 Å². The first kappa shape index (κ1) is 19.4. The van der Waals surface area contributed by atoms with Crippen LogP contribution in [0.15, 0.2) is 30.6 Å². The average molecular weight is 392 g/mol. The molecule has 150 valence electrons. The third-order valence-corrected chi connectivity index (χ3v) is 4.91. The van der Waals surface area contributed by atoms with Gasteiger partial charge in [-0.25, -0.2) is 9.97 Å². The number of rotatable bonds is 6. The smallest absolute Gasteiger partial charge is 0.235 e. The third-order valence-electron chi connectivity index (χ3n) is 4.91. The molecule has 3 heterocycles. The highest BCUT2D eigenvalue weighted by atomic mass is 16.7. The number of para-hydroxylation sites is 1. The molecule has 7 heteroatoms. The average Bonchev–Trinajstić information content (AvgIpc) is 3.36. The van der Waals surface area contributed by atoms with Crippen molar-refractivity contribution in [3.05, 3.63) is 41.9 Å². The van der Waals surface area contributed by atoms with E-state index in [-0.39, 0.29) is 6.29 Å². The van der Waals surface area contributed by atoms with Crippen LogP contribution in [0.5, 0.6) is 5.88 Å². The Morgan fingerprint density at radius 2 is 2.24 bits per heavy atom. The predicted molar refractivity (Wildman–Crippen MR) is 108 cm³/mol. The van der Waals surface area contributed by atoms with Crippen molar-refractivity contribution in [3.8, 4) is 23.2 Å². The second-order valence-electron chi connectivity index (χ2n) is 7.80. The van der Waals surface area contributed by atoms with Crippen molar-refractivity contribution >= 4 is 10.9 Å². The van der Waals surface area contributed by atoms with Gasteiger partial charge in [-0.3, -0.25) is 0 Å². The highest BCUT2D eigenvalue weighted by molar-refractivity contribution is 5.97. The van der Waals surface area contributed by atoms with E-state index in [2.05, 4.69) is 21.0 Å². The van der Waals surface area contributed by atoms with Crippen LogP contribution in [0.4, 0.5) is 0 Å². The van der Waals surface area contributed by atoms with Crippen LogP contribution in [-0.2, 0) is 9.47 Å². The Morgan fingerprint density at radius 3 is 2.97 bits per heavy atom. The van der Waals surface area contributed by atoms with Gasteiger partial charge in [0.15, 0.2) is 6.29 Å². The van der Waals surface area contributed by atoms with Gasteiger partial charge in [-0.15, -0.1) is 0 Å². The monoisotopic (exact) mass is 392 g/mol. The van der Waals surface area contributed by atoms with E-state index in [9.17, 15) is 5.26 Å². The number of aryl methyl sites for hydroxylation is 1. The molecule has 1 atom stereocenters. The largest absolute Gasteiger partial charge is 0.473 e. The normalized spacial score (nSPS) is 16.8. The number of aromatic amines is 1. The van der Waals surface area contributed by atoms with Crippen molar-refractivity contribution < 1.29 is 14.2 Å². The Bertz CT molecular complexity index is 1060. The van der Waals surface area contributed by atoms with Gasteiger partial charge < -0.3 is 19.2 Å². The second kappa shape index (κ2) is 7.82. The molecule has 0 bridgehead atoms. The molecule has 1 unspecified atom stereocenters. The Morgan fingerprint density at radius 1 is 1.38 bits per heavy atom. The van der Waals surface area contributed by atoms with Gasteiger partial charge in [-0.05, 0) is 33.3 Å². The number of ether oxygens (including phenoxy) is 3. The number of nitriles is 1. The summed E-state index contributed by atoms with van der Waals surface area (Å²) in [5.74, 6) is 0.482. The Hall–Kier alpha value is -2.95. The maximum atomic E-state index is 9.28. The first-order valence-electron chi connectivity index (χ1n) is 9.73. The van der Waals surface area contributed by atoms with E-state index in [0.717, 1.165) is 41.6 Å². The Labute approximate surface area is 169 Å². The van der Waals surface area contributed by atoms with Gasteiger partial charge in [0.1, 0.15) is 18.4 Å². The molecule has 0 spiro atoms. The van der Waals surface area contributed by atoms with Crippen LogP contribution in [-0.4, -0.2) is 40.1 Å². The third kappa shape index (κ3) is 4.09. The van der Waals surface area contributed by atoms with E-state index in [1.54, 1.807) is 12.3 Å². The van der Waals surface area contributed by atoms with Gasteiger partial charge >= 0.3 is 0 Å². The van der Waals surface area contributed by atoms with Crippen molar-refractivity contribution in [1.82, 2.24) is 15.0 Å². The van der Waals surface area contributed by atoms with E-state index in [0.29, 0.717) is 23.7 Å². The first-order chi connectivity index (χ1) is 14.0. The van der Waals surface area contributed by atoms with Crippen LogP contribution in [0.25, 0.3) is 22.2 Å². The lowest BCUT2D eigenvalue weighted by Gasteiger charge is -2.28. The molecule has 1 aromatic carbocycles. The summed E-state index contributed by atoms with van der Waals surface area (Å²) in [6, 6.07) is 7.83. The Balaban J connectivity index is 1.51. The summed E-state index contributed by atoms with van der Waals surface area (Å²) < 4.78 is 17.4. The first-order valence-corrected chi connectivity index (χ1v) is 9.73. The standard InChI is InChI=1S/C22H24N4O3/c1-14-21(28-13-22(2,3)29-19-8-5-9-27-19)25-12-18(26-14)17-11-24-20-15(10-23)6-4-7-16(17)20/h4,6-7,11-12,19,24H,5,8-9,13H2,1-3H3. The van der Waals surface area contributed by atoms with E-state index in [1.165, 1.54) is 0 Å². The number of fused-ring (bicyclic) bond motifs is 1. The molecular weight excluding hydrogens is 368 g/mol. The maximum Gasteiger partial charge on any atom is 0.235 e. The fourth-order valence-corrected chi connectivity index (χ4v) is 3.47. The summed E-state index contributed by atoms with van der Waals surface area (Å²) >= 11 is 0. The van der Waals surface area contributed by atoms with Crippen LogP contribution >= 0.6 is 0 Å². The molecule has 1 fully saturated rings. The van der Waals surface area contributed by atoms with Crippen molar-refractivity contribution in [1.29, 1.82) is 5.26 Å². The summed E-state index contributed by atoms with van der Waals surface area (Å²) in [7, 11) is 0. The number of nitrogens with one attached hydrogen (secondary N) is 1. The lowest BCUT2D eigenvalue weighted by molar-refractivity contribution is -0.187. The minimum atomic E-state index is -0.494. The fourth-order valence-electron chi connectivity index (χ4n) is 3.47. The minimum Gasteiger partial charge on any atom is -0.473 e. The molecule has 2 aromatic heterocycles. The molecule has 1 saturated heterocycles. The number of H-pyrrole nitrogens is 1. The van der Waals surface area contributed by atoms with Crippen molar-refractivity contribution in [3.63, 3.8) is 0 Å².